The number of hydrogen-bond acceptors (Lipinski definition) is 2. The summed E-state index contributed by atoms with van der Waals surface area (Å²) < 4.78 is 4.87. The molecule has 0 bridgehead atoms. The fourth-order valence-electron chi connectivity index (χ4n) is 9.76. The normalized spacial score (nSPS) is 48.4. The molecule has 0 saturated heterocycles. The highest BCUT2D eigenvalue weighted by Gasteiger charge is 2.65. The van der Waals surface area contributed by atoms with E-state index in [1.165, 1.54) is 58.5 Å². The quantitative estimate of drug-likeness (QED) is 0.375. The van der Waals surface area contributed by atoms with Crippen LogP contribution >= 0.6 is 0 Å². The largest absolute Gasteiger partial charge is 0.469 e. The first-order valence-electron chi connectivity index (χ1n) is 13.2. The minimum Gasteiger partial charge on any atom is -0.469 e. The number of ether oxygens (including phenoxy) is 1. The lowest BCUT2D eigenvalue weighted by Gasteiger charge is -2.69. The molecule has 0 spiro atoms. The highest BCUT2D eigenvalue weighted by molar-refractivity contribution is 6.39. The Morgan fingerprint density at radius 1 is 0.968 bits per heavy atom. The Morgan fingerprint density at radius 3 is 2.39 bits per heavy atom. The van der Waals surface area contributed by atoms with E-state index in [9.17, 15) is 4.79 Å². The maximum absolute atomic E-state index is 11.6. The molecule has 0 heterocycles. The average Bonchev–Trinajstić information content (AvgIpc) is 3.04. The molecule has 4 aliphatic rings. The van der Waals surface area contributed by atoms with Crippen molar-refractivity contribution in [2.75, 3.05) is 7.11 Å². The zero-order chi connectivity index (χ0) is 22.7. The molecule has 0 aromatic rings. The molecule has 4 heteroatoms. The number of carbonyl (C=O) groups is 1. The third-order valence-corrected chi connectivity index (χ3v) is 11.7. The van der Waals surface area contributed by atoms with Crippen molar-refractivity contribution in [1.82, 2.24) is 0 Å². The summed E-state index contributed by atoms with van der Waals surface area (Å²) >= 11 is 0. The van der Waals surface area contributed by atoms with Gasteiger partial charge in [-0.05, 0) is 97.2 Å². The fourth-order valence-corrected chi connectivity index (χ4v) is 9.76. The van der Waals surface area contributed by atoms with Crippen LogP contribution in [0.5, 0.6) is 0 Å². The van der Waals surface area contributed by atoms with Gasteiger partial charge in [0.25, 0.3) is 0 Å². The van der Waals surface area contributed by atoms with Crippen molar-refractivity contribution in [3.05, 3.63) is 0 Å². The van der Waals surface area contributed by atoms with Gasteiger partial charge >= 0.3 is 5.97 Å². The number of methoxy groups -OCH3 is 1. The smallest absolute Gasteiger partial charge is 0.305 e. The second-order valence-corrected chi connectivity index (χ2v) is 12.7. The van der Waals surface area contributed by atoms with Crippen LogP contribution in [-0.2, 0) is 9.53 Å². The maximum atomic E-state index is 11.6. The molecule has 4 fully saturated rings. The van der Waals surface area contributed by atoms with Crippen LogP contribution in [-0.4, -0.2) is 28.8 Å². The SMILES string of the molecule is [B]C1([B])CCC2(C)[C@H]3CCC4(C)C(CCCC(=O)OC)CCC4C3C[C@H](CC)C2(C)C1. The summed E-state index contributed by atoms with van der Waals surface area (Å²) in [4.78, 5) is 11.6. The van der Waals surface area contributed by atoms with E-state index >= 15 is 0 Å². The highest BCUT2D eigenvalue weighted by atomic mass is 16.5. The lowest BCUT2D eigenvalue weighted by atomic mass is 9.31. The Kier molecular flexibility index (Phi) is 6.22. The maximum Gasteiger partial charge on any atom is 0.305 e. The molecular formula is C27H44B2O2. The van der Waals surface area contributed by atoms with Crippen LogP contribution in [0.15, 0.2) is 0 Å². The third-order valence-electron chi connectivity index (χ3n) is 11.7. The summed E-state index contributed by atoms with van der Waals surface area (Å²) in [5, 5.41) is -0.490. The second-order valence-electron chi connectivity index (χ2n) is 12.7. The first-order chi connectivity index (χ1) is 14.5. The molecule has 4 rings (SSSR count). The van der Waals surface area contributed by atoms with Gasteiger partial charge in [0.05, 0.1) is 22.8 Å². The first kappa shape index (κ1) is 23.7. The van der Waals surface area contributed by atoms with Crippen LogP contribution in [0, 0.1) is 45.8 Å². The lowest BCUT2D eigenvalue weighted by Crippen LogP contribution is -2.61. The van der Waals surface area contributed by atoms with Gasteiger partial charge in [0.15, 0.2) is 0 Å². The molecule has 0 aromatic carbocycles. The van der Waals surface area contributed by atoms with E-state index < -0.39 is 5.21 Å². The van der Waals surface area contributed by atoms with Crippen LogP contribution in [0.2, 0.25) is 5.21 Å². The second kappa shape index (κ2) is 8.12. The molecule has 4 aliphatic carbocycles. The number of fused-ring (bicyclic) bond motifs is 5. The average molecular weight is 422 g/mol. The zero-order valence-corrected chi connectivity index (χ0v) is 20.8. The summed E-state index contributed by atoms with van der Waals surface area (Å²) in [5.74, 6) is 3.98. The molecule has 2 nitrogen and oxygen atoms in total. The molecule has 31 heavy (non-hydrogen) atoms. The van der Waals surface area contributed by atoms with Crippen molar-refractivity contribution in [1.29, 1.82) is 0 Å². The van der Waals surface area contributed by atoms with Gasteiger partial charge < -0.3 is 4.74 Å². The molecule has 0 amide bonds. The minimum atomic E-state index is -0.490. The third kappa shape index (κ3) is 3.65. The van der Waals surface area contributed by atoms with Gasteiger partial charge in [0.2, 0.25) is 0 Å². The van der Waals surface area contributed by atoms with Crippen LogP contribution < -0.4 is 0 Å². The Bertz CT molecular complexity index is 693. The van der Waals surface area contributed by atoms with Gasteiger partial charge in [-0.3, -0.25) is 4.79 Å². The topological polar surface area (TPSA) is 26.3 Å². The molecule has 0 N–H and O–H groups in total. The van der Waals surface area contributed by atoms with E-state index in [1.807, 2.05) is 0 Å². The summed E-state index contributed by atoms with van der Waals surface area (Å²) in [6, 6.07) is 0. The van der Waals surface area contributed by atoms with Gasteiger partial charge in [-0.15, -0.1) is 0 Å². The zero-order valence-electron chi connectivity index (χ0n) is 20.8. The number of esters is 1. The molecule has 4 saturated carbocycles. The van der Waals surface area contributed by atoms with Crippen LogP contribution in [0.3, 0.4) is 0 Å². The molecule has 6 unspecified atom stereocenters. The summed E-state index contributed by atoms with van der Waals surface area (Å²) in [6.45, 7) is 10.2. The molecule has 170 valence electrons. The summed E-state index contributed by atoms with van der Waals surface area (Å²) in [7, 11) is 14.6. The van der Waals surface area contributed by atoms with Crippen LogP contribution in [0.25, 0.3) is 0 Å². The first-order valence-corrected chi connectivity index (χ1v) is 13.2. The van der Waals surface area contributed by atoms with Gasteiger partial charge in [0.1, 0.15) is 0 Å². The van der Waals surface area contributed by atoms with Gasteiger partial charge in [-0.1, -0.05) is 52.2 Å². The van der Waals surface area contributed by atoms with E-state index in [2.05, 4.69) is 27.7 Å². The number of hydrogen-bond donors (Lipinski definition) is 0. The lowest BCUT2D eigenvalue weighted by molar-refractivity contribution is -0.185. The van der Waals surface area contributed by atoms with Crippen molar-refractivity contribution in [3.63, 3.8) is 0 Å². The van der Waals surface area contributed by atoms with Gasteiger partial charge in [0, 0.05) is 6.42 Å². The highest BCUT2D eigenvalue weighted by Crippen LogP contribution is 2.74. The van der Waals surface area contributed by atoms with Crippen molar-refractivity contribution >= 4 is 21.7 Å². The monoisotopic (exact) mass is 422 g/mol. The summed E-state index contributed by atoms with van der Waals surface area (Å²) in [6.07, 6.45) is 14.0. The van der Waals surface area contributed by atoms with E-state index in [0.717, 1.165) is 48.9 Å². The fraction of sp³-hybridized carbons (Fsp3) is 0.963. The van der Waals surface area contributed by atoms with E-state index in [1.54, 1.807) is 0 Å². The predicted molar refractivity (Wildman–Crippen MR) is 129 cm³/mol. The Balaban J connectivity index is 1.56. The standard InChI is InChI=1S/C27H44B2O2/c1-6-18-16-20-21-11-10-19(8-7-9-23(30)31-5)24(21,2)13-12-22(20)25(3)14-15-27(28,29)17-26(18,25)4/h18-22H,6-17H2,1-5H3/t18-,19?,20?,21?,22-,24?,25?,26?/m0/s1. The molecule has 0 aliphatic heterocycles. The van der Waals surface area contributed by atoms with Crippen LogP contribution in [0.4, 0.5) is 0 Å². The van der Waals surface area contributed by atoms with Crippen molar-refractivity contribution in [2.24, 2.45) is 45.8 Å². The Hall–Kier alpha value is -0.400. The van der Waals surface area contributed by atoms with Gasteiger partial charge in [-0.25, -0.2) is 0 Å². The van der Waals surface area contributed by atoms with E-state index in [0.29, 0.717) is 17.3 Å². The minimum absolute atomic E-state index is 0.0538. The van der Waals surface area contributed by atoms with Crippen LogP contribution in [0.1, 0.15) is 105 Å². The predicted octanol–water partition coefficient (Wildman–Crippen LogP) is 6.47. The van der Waals surface area contributed by atoms with E-state index in [-0.39, 0.29) is 11.4 Å². The van der Waals surface area contributed by atoms with Gasteiger partial charge in [-0.2, -0.15) is 0 Å². The molecule has 4 radical (unpaired) electrons. The van der Waals surface area contributed by atoms with E-state index in [4.69, 9.17) is 20.4 Å². The number of rotatable bonds is 5. The summed E-state index contributed by atoms with van der Waals surface area (Å²) in [5.41, 5.74) is 1.08. The number of carbonyl (C=O) groups excluding carboxylic acids is 1. The Labute approximate surface area is 194 Å². The van der Waals surface area contributed by atoms with Crippen molar-refractivity contribution in [3.8, 4) is 0 Å². The molecular weight excluding hydrogens is 378 g/mol. The molecule has 8 atom stereocenters. The Morgan fingerprint density at radius 2 is 1.71 bits per heavy atom. The molecule has 0 aromatic heterocycles. The van der Waals surface area contributed by atoms with Crippen molar-refractivity contribution < 1.29 is 9.53 Å². The van der Waals surface area contributed by atoms with Crippen molar-refractivity contribution in [2.45, 2.75) is 110 Å².